The van der Waals surface area contributed by atoms with E-state index in [1.807, 2.05) is 17.0 Å². The number of nitrogens with zero attached hydrogens (tertiary/aromatic N) is 2. The van der Waals surface area contributed by atoms with E-state index in [-0.39, 0.29) is 17.7 Å². The van der Waals surface area contributed by atoms with Gasteiger partial charge < -0.3 is 15.1 Å². The number of carbonyl (C=O) groups is 2. The van der Waals surface area contributed by atoms with Crippen molar-refractivity contribution in [3.05, 3.63) is 29.8 Å². The average molecular weight is 384 g/mol. The minimum absolute atomic E-state index is 0.0718. The van der Waals surface area contributed by atoms with Crippen molar-refractivity contribution in [3.63, 3.8) is 0 Å². The third kappa shape index (κ3) is 4.57. The summed E-state index contributed by atoms with van der Waals surface area (Å²) in [5.41, 5.74) is 2.21. The summed E-state index contributed by atoms with van der Waals surface area (Å²) in [5, 5.41) is 3.66. The van der Waals surface area contributed by atoms with Crippen molar-refractivity contribution in [2.75, 3.05) is 31.1 Å². The molecule has 0 aromatic heterocycles. The molecule has 1 unspecified atom stereocenters. The fourth-order valence-electron chi connectivity index (χ4n) is 4.47. The molecule has 2 amide bonds. The van der Waals surface area contributed by atoms with E-state index in [0.29, 0.717) is 19.0 Å². The maximum absolute atomic E-state index is 13.0. The summed E-state index contributed by atoms with van der Waals surface area (Å²) in [7, 11) is 0. The SMILES string of the molecule is CCCc1ccc(N2CC(C(=O)N3CCC(NCC4CC4)CC3)CC2=O)cc1. The summed E-state index contributed by atoms with van der Waals surface area (Å²) < 4.78 is 0. The van der Waals surface area contributed by atoms with Crippen LogP contribution in [0, 0.1) is 11.8 Å². The molecule has 1 aliphatic carbocycles. The number of rotatable bonds is 7. The number of aryl methyl sites for hydroxylation is 1. The maximum Gasteiger partial charge on any atom is 0.228 e. The number of amides is 2. The van der Waals surface area contributed by atoms with E-state index in [0.717, 1.165) is 56.9 Å². The molecule has 0 spiro atoms. The third-order valence-corrected chi connectivity index (χ3v) is 6.46. The van der Waals surface area contributed by atoms with Crippen LogP contribution >= 0.6 is 0 Å². The van der Waals surface area contributed by atoms with Gasteiger partial charge >= 0.3 is 0 Å². The molecule has 1 saturated carbocycles. The highest BCUT2D eigenvalue weighted by molar-refractivity contribution is 6.00. The van der Waals surface area contributed by atoms with E-state index >= 15 is 0 Å². The monoisotopic (exact) mass is 383 g/mol. The molecule has 3 aliphatic rings. The third-order valence-electron chi connectivity index (χ3n) is 6.46. The van der Waals surface area contributed by atoms with Crippen molar-refractivity contribution in [1.82, 2.24) is 10.2 Å². The summed E-state index contributed by atoms with van der Waals surface area (Å²) in [6, 6.07) is 8.79. The molecule has 2 saturated heterocycles. The zero-order valence-corrected chi connectivity index (χ0v) is 17.0. The van der Waals surface area contributed by atoms with Crippen molar-refractivity contribution in [3.8, 4) is 0 Å². The maximum atomic E-state index is 13.0. The van der Waals surface area contributed by atoms with Crippen molar-refractivity contribution >= 4 is 17.5 Å². The number of benzene rings is 1. The van der Waals surface area contributed by atoms with Crippen molar-refractivity contribution in [1.29, 1.82) is 0 Å². The quantitative estimate of drug-likeness (QED) is 0.788. The standard InChI is InChI=1S/C23H33N3O2/c1-2-3-17-6-8-21(9-7-17)26-16-19(14-22(26)27)23(28)25-12-10-20(11-13-25)24-15-18-4-5-18/h6-9,18-20,24H,2-5,10-16H2,1H3. The van der Waals surface area contributed by atoms with E-state index < -0.39 is 0 Å². The Labute approximate surface area is 168 Å². The Bertz CT molecular complexity index is 690. The van der Waals surface area contributed by atoms with Gasteiger partial charge in [0.25, 0.3) is 0 Å². The lowest BCUT2D eigenvalue weighted by Crippen LogP contribution is -2.47. The van der Waals surface area contributed by atoms with E-state index in [9.17, 15) is 9.59 Å². The Morgan fingerprint density at radius 3 is 2.46 bits per heavy atom. The molecule has 28 heavy (non-hydrogen) atoms. The first kappa shape index (κ1) is 19.4. The van der Waals surface area contributed by atoms with Gasteiger partial charge in [0.15, 0.2) is 0 Å². The van der Waals surface area contributed by atoms with Gasteiger partial charge in [0.1, 0.15) is 0 Å². The molecule has 1 aromatic carbocycles. The number of anilines is 1. The summed E-state index contributed by atoms with van der Waals surface area (Å²) in [6.07, 6.45) is 7.32. The zero-order chi connectivity index (χ0) is 19.5. The van der Waals surface area contributed by atoms with E-state index in [2.05, 4.69) is 24.4 Å². The fourth-order valence-corrected chi connectivity index (χ4v) is 4.47. The smallest absolute Gasteiger partial charge is 0.228 e. The molecule has 2 aliphatic heterocycles. The van der Waals surface area contributed by atoms with Crippen LogP contribution in [0.25, 0.3) is 0 Å². The van der Waals surface area contributed by atoms with Crippen LogP contribution in [0.4, 0.5) is 5.69 Å². The van der Waals surface area contributed by atoms with Crippen LogP contribution < -0.4 is 10.2 Å². The van der Waals surface area contributed by atoms with Gasteiger partial charge in [0.05, 0.1) is 5.92 Å². The molecule has 0 bridgehead atoms. The van der Waals surface area contributed by atoms with Crippen LogP contribution in [0.5, 0.6) is 0 Å². The molecule has 1 N–H and O–H groups in total. The fraction of sp³-hybridized carbons (Fsp3) is 0.652. The molecule has 2 heterocycles. The summed E-state index contributed by atoms with van der Waals surface area (Å²) in [4.78, 5) is 29.3. The van der Waals surface area contributed by atoms with Crippen LogP contribution in [0.2, 0.25) is 0 Å². The molecule has 152 valence electrons. The van der Waals surface area contributed by atoms with E-state index in [1.54, 1.807) is 4.90 Å². The molecule has 1 atom stereocenters. The molecule has 5 heteroatoms. The molecule has 5 nitrogen and oxygen atoms in total. The molecule has 0 radical (unpaired) electrons. The van der Waals surface area contributed by atoms with Gasteiger partial charge in [-0.1, -0.05) is 25.5 Å². The number of carbonyl (C=O) groups excluding carboxylic acids is 2. The van der Waals surface area contributed by atoms with Crippen LogP contribution in [0.1, 0.15) is 51.0 Å². The van der Waals surface area contributed by atoms with Gasteiger partial charge in [0, 0.05) is 37.8 Å². The van der Waals surface area contributed by atoms with E-state index in [4.69, 9.17) is 0 Å². The highest BCUT2D eigenvalue weighted by atomic mass is 16.2. The topological polar surface area (TPSA) is 52.7 Å². The molecule has 4 rings (SSSR count). The normalized spacial score (nSPS) is 23.5. The first-order valence-corrected chi connectivity index (χ1v) is 11.1. The predicted molar refractivity (Wildman–Crippen MR) is 111 cm³/mol. The summed E-state index contributed by atoms with van der Waals surface area (Å²) in [6.45, 7) is 5.46. The molecule has 3 fully saturated rings. The van der Waals surface area contributed by atoms with Gasteiger partial charge in [-0.2, -0.15) is 0 Å². The number of hydrogen-bond acceptors (Lipinski definition) is 3. The largest absolute Gasteiger partial charge is 0.342 e. The Balaban J connectivity index is 1.29. The van der Waals surface area contributed by atoms with Crippen molar-refractivity contribution in [2.24, 2.45) is 11.8 Å². The second kappa shape index (κ2) is 8.64. The van der Waals surface area contributed by atoms with Crippen LogP contribution in [-0.4, -0.2) is 48.9 Å². The molecule has 1 aromatic rings. The zero-order valence-electron chi connectivity index (χ0n) is 17.0. The van der Waals surface area contributed by atoms with Gasteiger partial charge in [-0.3, -0.25) is 9.59 Å². The van der Waals surface area contributed by atoms with Gasteiger partial charge in [-0.15, -0.1) is 0 Å². The minimum Gasteiger partial charge on any atom is -0.342 e. The lowest BCUT2D eigenvalue weighted by Gasteiger charge is -2.34. The Morgan fingerprint density at radius 1 is 1.11 bits per heavy atom. The van der Waals surface area contributed by atoms with Crippen LogP contribution in [-0.2, 0) is 16.0 Å². The minimum atomic E-state index is -0.196. The van der Waals surface area contributed by atoms with Gasteiger partial charge in [-0.05, 0) is 62.3 Å². The Morgan fingerprint density at radius 2 is 1.82 bits per heavy atom. The van der Waals surface area contributed by atoms with Crippen molar-refractivity contribution in [2.45, 2.75) is 57.9 Å². The number of hydrogen-bond donors (Lipinski definition) is 1. The van der Waals surface area contributed by atoms with E-state index in [1.165, 1.54) is 18.4 Å². The highest BCUT2D eigenvalue weighted by Gasteiger charge is 2.38. The second-order valence-corrected chi connectivity index (χ2v) is 8.77. The number of nitrogens with one attached hydrogen (secondary N) is 1. The lowest BCUT2D eigenvalue weighted by molar-refractivity contribution is -0.136. The van der Waals surface area contributed by atoms with Gasteiger partial charge in [0.2, 0.25) is 11.8 Å². The Hall–Kier alpha value is -1.88. The Kier molecular flexibility index (Phi) is 6.00. The lowest BCUT2D eigenvalue weighted by atomic mass is 10.0. The number of likely N-dealkylation sites (tertiary alicyclic amines) is 1. The average Bonchev–Trinajstić information content (AvgIpc) is 3.47. The van der Waals surface area contributed by atoms with Crippen molar-refractivity contribution < 1.29 is 9.59 Å². The van der Waals surface area contributed by atoms with Gasteiger partial charge in [-0.25, -0.2) is 0 Å². The predicted octanol–water partition coefficient (Wildman–Crippen LogP) is 2.98. The van der Waals surface area contributed by atoms with Crippen LogP contribution in [0.3, 0.4) is 0 Å². The number of piperidine rings is 1. The first-order valence-electron chi connectivity index (χ1n) is 11.1. The molecular formula is C23H33N3O2. The van der Waals surface area contributed by atoms with Crippen LogP contribution in [0.15, 0.2) is 24.3 Å². The first-order chi connectivity index (χ1) is 13.6. The second-order valence-electron chi connectivity index (χ2n) is 8.77. The molecular weight excluding hydrogens is 350 g/mol. The summed E-state index contributed by atoms with van der Waals surface area (Å²) >= 11 is 0. The highest BCUT2D eigenvalue weighted by Crippen LogP contribution is 2.29. The summed E-state index contributed by atoms with van der Waals surface area (Å²) in [5.74, 6) is 0.937.